The van der Waals surface area contributed by atoms with Crippen molar-refractivity contribution in [1.29, 1.82) is 5.26 Å². The quantitative estimate of drug-likeness (QED) is 0.817. The number of nitriles is 1. The second-order valence-electron chi connectivity index (χ2n) is 5.80. The van der Waals surface area contributed by atoms with E-state index in [1.165, 1.54) is 16.3 Å². The summed E-state index contributed by atoms with van der Waals surface area (Å²) in [4.78, 5) is 0. The molecule has 1 aliphatic heterocycles. The van der Waals surface area contributed by atoms with Gasteiger partial charge in [-0.15, -0.1) is 0 Å². The van der Waals surface area contributed by atoms with Gasteiger partial charge in [-0.2, -0.15) is 5.26 Å². The van der Waals surface area contributed by atoms with Gasteiger partial charge in [-0.3, -0.25) is 0 Å². The van der Waals surface area contributed by atoms with E-state index in [0.717, 1.165) is 12.8 Å². The lowest BCUT2D eigenvalue weighted by Crippen LogP contribution is -2.53. The van der Waals surface area contributed by atoms with E-state index in [1.54, 1.807) is 0 Å². The molecule has 1 saturated carbocycles. The lowest BCUT2D eigenvalue weighted by atomic mass is 9.65. The van der Waals surface area contributed by atoms with Crippen molar-refractivity contribution in [3.63, 3.8) is 0 Å². The van der Waals surface area contributed by atoms with E-state index in [1.807, 2.05) is 0 Å². The Balaban J connectivity index is 1.97. The maximum absolute atomic E-state index is 9.58. The first-order chi connectivity index (χ1) is 9.31. The zero-order valence-electron chi connectivity index (χ0n) is 10.7. The van der Waals surface area contributed by atoms with Crippen LogP contribution in [0, 0.1) is 16.7 Å². The summed E-state index contributed by atoms with van der Waals surface area (Å²) in [5, 5.41) is 12.1. The summed E-state index contributed by atoms with van der Waals surface area (Å²) >= 11 is 0. The molecular weight excluding hydrogens is 234 g/mol. The highest BCUT2D eigenvalue weighted by molar-refractivity contribution is 5.87. The van der Waals surface area contributed by atoms with E-state index < -0.39 is 0 Å². The van der Waals surface area contributed by atoms with Gasteiger partial charge in [0.15, 0.2) is 0 Å². The highest BCUT2D eigenvalue weighted by Gasteiger charge is 2.64. The van der Waals surface area contributed by atoms with Crippen LogP contribution in [0.2, 0.25) is 0 Å². The number of benzene rings is 2. The lowest BCUT2D eigenvalue weighted by molar-refractivity contribution is -0.0859. The van der Waals surface area contributed by atoms with Gasteiger partial charge in [-0.1, -0.05) is 42.5 Å². The Kier molecular flexibility index (Phi) is 2.08. The van der Waals surface area contributed by atoms with Gasteiger partial charge in [0, 0.05) is 0 Å². The Morgan fingerprint density at radius 1 is 1.00 bits per heavy atom. The van der Waals surface area contributed by atoms with Gasteiger partial charge >= 0.3 is 0 Å². The van der Waals surface area contributed by atoms with Crippen LogP contribution < -0.4 is 0 Å². The molecule has 1 aliphatic carbocycles. The Labute approximate surface area is 112 Å². The summed E-state index contributed by atoms with van der Waals surface area (Å²) in [5.74, 6) is 0. The Morgan fingerprint density at radius 3 is 2.37 bits per heavy atom. The molecule has 2 fully saturated rings. The van der Waals surface area contributed by atoms with Crippen LogP contribution in [0.25, 0.3) is 10.8 Å². The van der Waals surface area contributed by atoms with Crippen LogP contribution in [0.5, 0.6) is 0 Å². The van der Waals surface area contributed by atoms with Crippen LogP contribution in [0.3, 0.4) is 0 Å². The van der Waals surface area contributed by atoms with Crippen LogP contribution >= 0.6 is 0 Å². The molecule has 0 unspecified atom stereocenters. The minimum absolute atomic E-state index is 0.0807. The van der Waals surface area contributed by atoms with Crippen LogP contribution in [0.4, 0.5) is 0 Å². The maximum atomic E-state index is 9.58. The number of rotatable bonds is 2. The number of ether oxygens (including phenoxy) is 1. The van der Waals surface area contributed by atoms with Crippen molar-refractivity contribution in [1.82, 2.24) is 0 Å². The first kappa shape index (κ1) is 11.0. The Hall–Kier alpha value is -1.85. The summed E-state index contributed by atoms with van der Waals surface area (Å²) in [7, 11) is 0. The van der Waals surface area contributed by atoms with Gasteiger partial charge in [-0.05, 0) is 29.2 Å². The standard InChI is InChI=1S/C17H15NO/c18-10-16(8-9-16)17(11-19-12-17)15-7-3-5-13-4-1-2-6-14(13)15/h1-7H,8-9,11-12H2. The van der Waals surface area contributed by atoms with Gasteiger partial charge in [0.05, 0.1) is 30.1 Å². The third-order valence-electron chi connectivity index (χ3n) is 4.88. The van der Waals surface area contributed by atoms with Crippen molar-refractivity contribution >= 4 is 10.8 Å². The molecule has 2 aliphatic rings. The molecule has 0 aromatic heterocycles. The summed E-state index contributed by atoms with van der Waals surface area (Å²) in [6, 6.07) is 17.4. The van der Waals surface area contributed by atoms with Gasteiger partial charge < -0.3 is 4.74 Å². The first-order valence-corrected chi connectivity index (χ1v) is 6.79. The van der Waals surface area contributed by atoms with Crippen molar-refractivity contribution in [3.05, 3.63) is 48.0 Å². The fraction of sp³-hybridized carbons (Fsp3) is 0.353. The third kappa shape index (κ3) is 1.29. The molecule has 1 saturated heterocycles. The van der Waals surface area contributed by atoms with Crippen molar-refractivity contribution in [2.75, 3.05) is 13.2 Å². The van der Waals surface area contributed by atoms with Gasteiger partial charge in [0.2, 0.25) is 0 Å². The molecule has 19 heavy (non-hydrogen) atoms. The highest BCUT2D eigenvalue weighted by Crippen LogP contribution is 2.62. The average Bonchev–Trinajstić information content (AvgIpc) is 3.19. The van der Waals surface area contributed by atoms with Gasteiger partial charge in [-0.25, -0.2) is 0 Å². The molecule has 0 radical (unpaired) electrons. The molecule has 94 valence electrons. The zero-order valence-corrected chi connectivity index (χ0v) is 10.7. The van der Waals surface area contributed by atoms with Crippen molar-refractivity contribution in [2.24, 2.45) is 5.41 Å². The predicted molar refractivity (Wildman–Crippen MR) is 73.7 cm³/mol. The zero-order chi connectivity index (χ0) is 12.9. The Bertz CT molecular complexity index is 684. The molecule has 4 rings (SSSR count). The van der Waals surface area contributed by atoms with Gasteiger partial charge in [0.25, 0.3) is 0 Å². The van der Waals surface area contributed by atoms with Crippen molar-refractivity contribution in [3.8, 4) is 6.07 Å². The molecule has 0 N–H and O–H groups in total. The predicted octanol–water partition coefficient (Wildman–Crippen LogP) is 3.41. The molecule has 0 spiro atoms. The monoisotopic (exact) mass is 249 g/mol. The maximum Gasteiger partial charge on any atom is 0.0716 e. The SMILES string of the molecule is N#CC1(C2(c3cccc4ccccc34)COC2)CC1. The second-order valence-corrected chi connectivity index (χ2v) is 5.80. The normalized spacial score (nSPS) is 22.5. The van der Waals surface area contributed by atoms with Crippen LogP contribution in [-0.2, 0) is 10.2 Å². The fourth-order valence-corrected chi connectivity index (χ4v) is 3.46. The third-order valence-corrected chi connectivity index (χ3v) is 4.88. The molecule has 0 atom stereocenters. The summed E-state index contributed by atoms with van der Waals surface area (Å²) in [5.41, 5.74) is 1.04. The van der Waals surface area contributed by atoms with E-state index in [4.69, 9.17) is 4.74 Å². The summed E-state index contributed by atoms with van der Waals surface area (Å²) in [6.45, 7) is 1.38. The number of hydrogen-bond acceptors (Lipinski definition) is 2. The minimum Gasteiger partial charge on any atom is -0.379 e. The van der Waals surface area contributed by atoms with Crippen LogP contribution in [0.1, 0.15) is 18.4 Å². The van der Waals surface area contributed by atoms with E-state index in [2.05, 4.69) is 48.5 Å². The molecule has 0 amide bonds. The minimum atomic E-state index is -0.185. The number of fused-ring (bicyclic) bond motifs is 1. The van der Waals surface area contributed by atoms with Crippen molar-refractivity contribution < 1.29 is 4.74 Å². The Morgan fingerprint density at radius 2 is 1.74 bits per heavy atom. The fourth-order valence-electron chi connectivity index (χ4n) is 3.46. The van der Waals surface area contributed by atoms with Crippen LogP contribution in [-0.4, -0.2) is 13.2 Å². The molecule has 2 aromatic rings. The smallest absolute Gasteiger partial charge is 0.0716 e. The highest BCUT2D eigenvalue weighted by atomic mass is 16.5. The van der Waals surface area contributed by atoms with E-state index in [-0.39, 0.29) is 10.8 Å². The largest absolute Gasteiger partial charge is 0.379 e. The van der Waals surface area contributed by atoms with E-state index in [0.29, 0.717) is 13.2 Å². The molecule has 1 heterocycles. The molecular formula is C17H15NO. The van der Waals surface area contributed by atoms with Gasteiger partial charge in [0.1, 0.15) is 0 Å². The van der Waals surface area contributed by atoms with Crippen molar-refractivity contribution in [2.45, 2.75) is 18.3 Å². The molecule has 2 heteroatoms. The number of hydrogen-bond donors (Lipinski definition) is 0. The summed E-state index contributed by atoms with van der Waals surface area (Å²) in [6.07, 6.45) is 2.02. The van der Waals surface area contributed by atoms with Crippen LogP contribution in [0.15, 0.2) is 42.5 Å². The molecule has 2 nitrogen and oxygen atoms in total. The first-order valence-electron chi connectivity index (χ1n) is 6.79. The molecule has 2 aromatic carbocycles. The average molecular weight is 249 g/mol. The lowest BCUT2D eigenvalue weighted by Gasteiger charge is -2.46. The number of nitrogens with zero attached hydrogens (tertiary/aromatic N) is 1. The van der Waals surface area contributed by atoms with E-state index in [9.17, 15) is 5.26 Å². The second kappa shape index (κ2) is 3.59. The summed E-state index contributed by atoms with van der Waals surface area (Å²) < 4.78 is 5.52. The molecule has 0 bridgehead atoms. The topological polar surface area (TPSA) is 33.0 Å². The van der Waals surface area contributed by atoms with E-state index >= 15 is 0 Å².